The smallest absolute Gasteiger partial charge is 0.277 e. The van der Waals surface area contributed by atoms with Crippen LogP contribution in [0.1, 0.15) is 27.4 Å². The summed E-state index contributed by atoms with van der Waals surface area (Å²) in [5.41, 5.74) is 3.37. The Bertz CT molecular complexity index is 1280. The van der Waals surface area contributed by atoms with Crippen LogP contribution in [0.3, 0.4) is 0 Å². The lowest BCUT2D eigenvalue weighted by atomic mass is 10.1. The predicted molar refractivity (Wildman–Crippen MR) is 117 cm³/mol. The summed E-state index contributed by atoms with van der Waals surface area (Å²) in [5.74, 6) is -0.408. The SMILES string of the molecule is Cc1nn(Cc2cccc(F)c2)c(C)c1NC(=O)c1cc(-c2ccc(Cl)cc2Cl)on1. The number of benzene rings is 2. The third-order valence-electron chi connectivity index (χ3n) is 4.78. The van der Waals surface area contributed by atoms with E-state index in [-0.39, 0.29) is 11.5 Å². The molecule has 0 radical (unpaired) electrons. The number of carbonyl (C=O) groups excluding carboxylic acids is 1. The molecule has 2 aromatic carbocycles. The monoisotopic (exact) mass is 458 g/mol. The molecular weight excluding hydrogens is 442 g/mol. The normalized spacial score (nSPS) is 11.0. The fourth-order valence-electron chi connectivity index (χ4n) is 3.22. The zero-order valence-electron chi connectivity index (χ0n) is 16.6. The van der Waals surface area contributed by atoms with E-state index in [1.807, 2.05) is 13.0 Å². The van der Waals surface area contributed by atoms with Crippen LogP contribution in [0.4, 0.5) is 10.1 Å². The molecule has 0 aliphatic carbocycles. The first-order chi connectivity index (χ1) is 14.8. The Kier molecular flexibility index (Phi) is 5.80. The van der Waals surface area contributed by atoms with Gasteiger partial charge in [0.1, 0.15) is 5.82 Å². The number of hydrogen-bond acceptors (Lipinski definition) is 4. The van der Waals surface area contributed by atoms with Crippen LogP contribution in [0.25, 0.3) is 11.3 Å². The third-order valence-corrected chi connectivity index (χ3v) is 5.33. The van der Waals surface area contributed by atoms with Crippen molar-refractivity contribution in [1.29, 1.82) is 0 Å². The molecule has 0 atom stereocenters. The maximum Gasteiger partial charge on any atom is 0.277 e. The van der Waals surface area contributed by atoms with Gasteiger partial charge >= 0.3 is 0 Å². The standard InChI is InChI=1S/C22H17Cl2FN4O2/c1-12-21(13(2)29(27-12)11-14-4-3-5-16(25)8-14)26-22(30)19-10-20(31-28-19)17-7-6-15(23)9-18(17)24/h3-10H,11H2,1-2H3,(H,26,30). The number of rotatable bonds is 5. The van der Waals surface area contributed by atoms with Crippen LogP contribution in [-0.4, -0.2) is 20.8 Å². The molecule has 0 unspecified atom stereocenters. The van der Waals surface area contributed by atoms with Gasteiger partial charge in [-0.3, -0.25) is 9.48 Å². The second-order valence-corrected chi connectivity index (χ2v) is 7.83. The second-order valence-electron chi connectivity index (χ2n) is 6.99. The maximum atomic E-state index is 13.5. The van der Waals surface area contributed by atoms with Gasteiger partial charge in [0.2, 0.25) is 0 Å². The molecule has 0 aliphatic rings. The molecule has 31 heavy (non-hydrogen) atoms. The van der Waals surface area contributed by atoms with E-state index in [4.69, 9.17) is 27.7 Å². The van der Waals surface area contributed by atoms with Crippen molar-refractivity contribution in [2.45, 2.75) is 20.4 Å². The Morgan fingerprint density at radius 1 is 1.16 bits per heavy atom. The lowest BCUT2D eigenvalue weighted by molar-refractivity contribution is 0.101. The second kappa shape index (κ2) is 8.53. The van der Waals surface area contributed by atoms with Crippen LogP contribution in [0.2, 0.25) is 10.0 Å². The summed E-state index contributed by atoms with van der Waals surface area (Å²) in [6, 6.07) is 12.8. The van der Waals surface area contributed by atoms with Crippen molar-refractivity contribution in [3.8, 4) is 11.3 Å². The third kappa shape index (κ3) is 4.47. The molecule has 2 heterocycles. The number of carbonyl (C=O) groups is 1. The minimum Gasteiger partial charge on any atom is -0.355 e. The molecule has 4 rings (SSSR count). The van der Waals surface area contributed by atoms with Gasteiger partial charge in [0.05, 0.1) is 28.6 Å². The summed E-state index contributed by atoms with van der Waals surface area (Å²) in [6.07, 6.45) is 0. The Hall–Kier alpha value is -3.16. The van der Waals surface area contributed by atoms with E-state index in [0.29, 0.717) is 39.3 Å². The number of aryl methyl sites for hydroxylation is 1. The topological polar surface area (TPSA) is 73.0 Å². The lowest BCUT2D eigenvalue weighted by Gasteiger charge is -2.06. The number of amides is 1. The van der Waals surface area contributed by atoms with Gasteiger partial charge in [0.25, 0.3) is 5.91 Å². The first kappa shape index (κ1) is 21.1. The van der Waals surface area contributed by atoms with Crippen LogP contribution in [0.5, 0.6) is 0 Å². The largest absolute Gasteiger partial charge is 0.355 e. The first-order valence-electron chi connectivity index (χ1n) is 9.34. The Balaban J connectivity index is 1.54. The van der Waals surface area contributed by atoms with E-state index in [1.54, 1.807) is 35.9 Å². The number of halogens is 3. The molecule has 0 fully saturated rings. The lowest BCUT2D eigenvalue weighted by Crippen LogP contribution is -2.13. The number of aromatic nitrogens is 3. The van der Waals surface area contributed by atoms with Crippen molar-refractivity contribution in [2.75, 3.05) is 5.32 Å². The van der Waals surface area contributed by atoms with Gasteiger partial charge in [-0.1, -0.05) is 40.5 Å². The zero-order chi connectivity index (χ0) is 22.1. The van der Waals surface area contributed by atoms with Crippen molar-refractivity contribution >= 4 is 34.8 Å². The molecule has 2 aromatic heterocycles. The van der Waals surface area contributed by atoms with Crippen LogP contribution in [0, 0.1) is 19.7 Å². The summed E-state index contributed by atoms with van der Waals surface area (Å²) >= 11 is 12.1. The molecule has 0 spiro atoms. The van der Waals surface area contributed by atoms with Crippen LogP contribution < -0.4 is 5.32 Å². The number of nitrogens with one attached hydrogen (secondary N) is 1. The van der Waals surface area contributed by atoms with Gasteiger partial charge < -0.3 is 9.84 Å². The van der Waals surface area contributed by atoms with E-state index >= 15 is 0 Å². The highest BCUT2D eigenvalue weighted by atomic mass is 35.5. The van der Waals surface area contributed by atoms with Crippen LogP contribution in [0.15, 0.2) is 53.1 Å². The summed E-state index contributed by atoms with van der Waals surface area (Å²) in [4.78, 5) is 12.7. The number of nitrogens with zero attached hydrogens (tertiary/aromatic N) is 3. The number of hydrogen-bond donors (Lipinski definition) is 1. The molecule has 6 nitrogen and oxygen atoms in total. The number of anilines is 1. The highest BCUT2D eigenvalue weighted by molar-refractivity contribution is 6.36. The van der Waals surface area contributed by atoms with Crippen molar-refractivity contribution in [2.24, 2.45) is 0 Å². The van der Waals surface area contributed by atoms with E-state index in [2.05, 4.69) is 15.6 Å². The molecule has 1 N–H and O–H groups in total. The van der Waals surface area contributed by atoms with Crippen LogP contribution in [-0.2, 0) is 6.54 Å². The van der Waals surface area contributed by atoms with Gasteiger partial charge in [-0.25, -0.2) is 4.39 Å². The fraction of sp³-hybridized carbons (Fsp3) is 0.136. The molecule has 9 heteroatoms. The van der Waals surface area contributed by atoms with E-state index in [1.165, 1.54) is 18.2 Å². The summed E-state index contributed by atoms with van der Waals surface area (Å²) in [7, 11) is 0. The maximum absolute atomic E-state index is 13.5. The van der Waals surface area contributed by atoms with Gasteiger partial charge in [0.15, 0.2) is 11.5 Å². The average molecular weight is 459 g/mol. The van der Waals surface area contributed by atoms with Crippen molar-refractivity contribution in [1.82, 2.24) is 14.9 Å². The molecule has 0 saturated carbocycles. The van der Waals surface area contributed by atoms with Crippen LogP contribution >= 0.6 is 23.2 Å². The van der Waals surface area contributed by atoms with Crippen molar-refractivity contribution in [3.05, 3.63) is 87.0 Å². The van der Waals surface area contributed by atoms with Gasteiger partial charge in [-0.2, -0.15) is 5.10 Å². The van der Waals surface area contributed by atoms with E-state index < -0.39 is 5.91 Å². The minimum atomic E-state index is -0.448. The van der Waals surface area contributed by atoms with Crippen molar-refractivity contribution in [3.63, 3.8) is 0 Å². The molecule has 0 saturated heterocycles. The highest BCUT2D eigenvalue weighted by Crippen LogP contribution is 2.31. The average Bonchev–Trinajstić information content (AvgIpc) is 3.29. The molecule has 0 aliphatic heterocycles. The predicted octanol–water partition coefficient (Wildman–Crippen LogP) is 5.90. The van der Waals surface area contributed by atoms with Gasteiger partial charge in [0, 0.05) is 16.7 Å². The summed E-state index contributed by atoms with van der Waals surface area (Å²) in [5, 5.41) is 12.0. The zero-order valence-corrected chi connectivity index (χ0v) is 18.1. The summed E-state index contributed by atoms with van der Waals surface area (Å²) in [6.45, 7) is 3.99. The quantitative estimate of drug-likeness (QED) is 0.403. The Labute approximate surface area is 187 Å². The molecule has 1 amide bonds. The molecular formula is C22H17Cl2FN4O2. The van der Waals surface area contributed by atoms with Crippen molar-refractivity contribution < 1.29 is 13.7 Å². The minimum absolute atomic E-state index is 0.0951. The molecule has 0 bridgehead atoms. The Morgan fingerprint density at radius 2 is 1.97 bits per heavy atom. The summed E-state index contributed by atoms with van der Waals surface area (Å²) < 4.78 is 20.5. The van der Waals surface area contributed by atoms with E-state index in [9.17, 15) is 9.18 Å². The molecule has 4 aromatic rings. The molecule has 158 valence electrons. The van der Waals surface area contributed by atoms with Gasteiger partial charge in [-0.15, -0.1) is 0 Å². The Morgan fingerprint density at radius 3 is 2.71 bits per heavy atom. The van der Waals surface area contributed by atoms with Gasteiger partial charge in [-0.05, 0) is 49.7 Å². The first-order valence-corrected chi connectivity index (χ1v) is 10.1. The fourth-order valence-corrected chi connectivity index (χ4v) is 3.72. The highest BCUT2D eigenvalue weighted by Gasteiger charge is 2.19. The van der Waals surface area contributed by atoms with E-state index in [0.717, 1.165) is 11.3 Å².